The molecule has 1 aliphatic carbocycles. The van der Waals surface area contributed by atoms with Crippen LogP contribution in [0.1, 0.15) is 45.1 Å². The Bertz CT molecular complexity index is 908. The number of likely N-dealkylation sites (N-methyl/N-ethyl adjacent to an activating group) is 1. The molecule has 0 unspecified atom stereocenters. The minimum Gasteiger partial charge on any atom is -0.465 e. The molecule has 1 saturated carbocycles. The number of nitrogens with zero attached hydrogens (tertiary/aromatic N) is 3. The molecule has 2 saturated heterocycles. The van der Waals surface area contributed by atoms with Crippen LogP contribution >= 0.6 is 11.6 Å². The Morgan fingerprint density at radius 1 is 1.06 bits per heavy atom. The van der Waals surface area contributed by atoms with Crippen molar-refractivity contribution in [1.82, 2.24) is 14.7 Å². The molecular weight excluding hydrogens is 430 g/mol. The zero-order valence-corrected chi connectivity index (χ0v) is 19.8. The van der Waals surface area contributed by atoms with E-state index in [4.69, 9.17) is 11.6 Å². The van der Waals surface area contributed by atoms with Crippen LogP contribution in [0.5, 0.6) is 0 Å². The van der Waals surface area contributed by atoms with E-state index in [0.717, 1.165) is 18.4 Å². The number of hydrogen-bond donors (Lipinski definition) is 1. The first-order valence-corrected chi connectivity index (χ1v) is 11.7. The highest BCUT2D eigenvalue weighted by molar-refractivity contribution is 6.30. The summed E-state index contributed by atoms with van der Waals surface area (Å²) in [5.41, 5.74) is 0.249. The Morgan fingerprint density at radius 2 is 1.66 bits per heavy atom. The zero-order valence-electron chi connectivity index (χ0n) is 19.0. The molecule has 7 nitrogen and oxygen atoms in total. The van der Waals surface area contributed by atoms with Gasteiger partial charge in [0.1, 0.15) is 0 Å². The second-order valence-corrected chi connectivity index (χ2v) is 10.6. The number of carbonyl (C=O) groups excluding carboxylic acids is 2. The van der Waals surface area contributed by atoms with Crippen LogP contribution in [0.3, 0.4) is 0 Å². The molecule has 1 aromatic carbocycles. The van der Waals surface area contributed by atoms with E-state index in [0.29, 0.717) is 44.0 Å². The van der Waals surface area contributed by atoms with E-state index in [1.165, 1.54) is 4.90 Å². The van der Waals surface area contributed by atoms with Gasteiger partial charge in [0.05, 0.1) is 6.04 Å². The maximum absolute atomic E-state index is 13.4. The second kappa shape index (κ2) is 8.25. The summed E-state index contributed by atoms with van der Waals surface area (Å²) in [4.78, 5) is 42.9. The predicted octanol–water partition coefficient (Wildman–Crippen LogP) is 3.46. The van der Waals surface area contributed by atoms with Gasteiger partial charge in [0.25, 0.3) is 0 Å². The Kier molecular flexibility index (Phi) is 5.90. The third-order valence-electron chi connectivity index (χ3n) is 7.88. The minimum absolute atomic E-state index is 0.0659. The van der Waals surface area contributed by atoms with Crippen LogP contribution in [-0.2, 0) is 15.0 Å². The van der Waals surface area contributed by atoms with Gasteiger partial charge in [-0.05, 0) is 43.4 Å². The van der Waals surface area contributed by atoms with Crippen molar-refractivity contribution in [3.8, 4) is 0 Å². The van der Waals surface area contributed by atoms with Crippen molar-refractivity contribution in [1.29, 1.82) is 0 Å². The number of likely N-dealkylation sites (tertiary alicyclic amines) is 2. The van der Waals surface area contributed by atoms with Crippen molar-refractivity contribution in [2.24, 2.45) is 11.3 Å². The maximum atomic E-state index is 13.4. The lowest BCUT2D eigenvalue weighted by molar-refractivity contribution is -0.142. The molecule has 0 spiro atoms. The van der Waals surface area contributed by atoms with Crippen molar-refractivity contribution in [2.45, 2.75) is 51.0 Å². The summed E-state index contributed by atoms with van der Waals surface area (Å²) in [5.74, 6) is 0.161. The van der Waals surface area contributed by atoms with Crippen LogP contribution < -0.4 is 0 Å². The zero-order chi connectivity index (χ0) is 23.3. The van der Waals surface area contributed by atoms with E-state index in [1.54, 1.807) is 19.2 Å². The van der Waals surface area contributed by atoms with Gasteiger partial charge in [0.15, 0.2) is 0 Å². The highest BCUT2D eigenvalue weighted by Gasteiger charge is 2.51. The molecule has 8 heteroatoms. The summed E-state index contributed by atoms with van der Waals surface area (Å²) in [5, 5.41) is 10.3. The molecule has 2 heterocycles. The number of benzene rings is 1. The van der Waals surface area contributed by atoms with E-state index in [1.807, 2.05) is 35.8 Å². The van der Waals surface area contributed by atoms with Crippen LogP contribution in [-0.4, -0.2) is 77.0 Å². The summed E-state index contributed by atoms with van der Waals surface area (Å²) < 4.78 is 0. The van der Waals surface area contributed by atoms with Gasteiger partial charge in [0.2, 0.25) is 11.8 Å². The van der Waals surface area contributed by atoms with Crippen LogP contribution in [0.25, 0.3) is 0 Å². The normalized spacial score (nSPS) is 27.3. The highest BCUT2D eigenvalue weighted by Crippen LogP contribution is 2.47. The average Bonchev–Trinajstić information content (AvgIpc) is 3.43. The van der Waals surface area contributed by atoms with E-state index in [9.17, 15) is 19.5 Å². The molecule has 3 fully saturated rings. The predicted molar refractivity (Wildman–Crippen MR) is 122 cm³/mol. The summed E-state index contributed by atoms with van der Waals surface area (Å²) >= 11 is 6.06. The maximum Gasteiger partial charge on any atom is 0.407 e. The van der Waals surface area contributed by atoms with Crippen molar-refractivity contribution >= 4 is 29.5 Å². The number of piperidine rings is 1. The van der Waals surface area contributed by atoms with Gasteiger partial charge in [0, 0.05) is 55.0 Å². The molecule has 2 aliphatic heterocycles. The first-order chi connectivity index (χ1) is 15.0. The van der Waals surface area contributed by atoms with Crippen LogP contribution in [0, 0.1) is 11.3 Å². The summed E-state index contributed by atoms with van der Waals surface area (Å²) in [6, 6.07) is 7.08. The van der Waals surface area contributed by atoms with E-state index in [-0.39, 0.29) is 29.2 Å². The number of halogens is 1. The van der Waals surface area contributed by atoms with Gasteiger partial charge < -0.3 is 19.8 Å². The molecule has 1 N–H and O–H groups in total. The smallest absolute Gasteiger partial charge is 0.407 e. The summed E-state index contributed by atoms with van der Waals surface area (Å²) in [6.45, 7) is 6.08. The average molecular weight is 462 g/mol. The highest BCUT2D eigenvalue weighted by atomic mass is 35.5. The lowest BCUT2D eigenvalue weighted by atomic mass is 9.77. The number of rotatable bonds is 4. The quantitative estimate of drug-likeness (QED) is 0.744. The SMILES string of the molecule is CN(C(=O)O)[C@@H]1CN(C(=O)C2CCN(C(=O)C3(C)CC3)CC2)C[C@@]1(C)c1ccc(Cl)cc1. The molecule has 3 amide bonds. The largest absolute Gasteiger partial charge is 0.465 e. The van der Waals surface area contributed by atoms with Gasteiger partial charge in [-0.15, -0.1) is 0 Å². The van der Waals surface area contributed by atoms with Gasteiger partial charge in [-0.1, -0.05) is 37.6 Å². The molecule has 3 aliphatic rings. The van der Waals surface area contributed by atoms with E-state index < -0.39 is 11.5 Å². The fraction of sp³-hybridized carbons (Fsp3) is 0.625. The van der Waals surface area contributed by atoms with Crippen molar-refractivity contribution in [2.75, 3.05) is 33.2 Å². The molecule has 4 rings (SSSR count). The third kappa shape index (κ3) is 4.07. The first kappa shape index (κ1) is 22.9. The number of carbonyl (C=O) groups is 3. The second-order valence-electron chi connectivity index (χ2n) is 10.2. The van der Waals surface area contributed by atoms with Crippen LogP contribution in [0.4, 0.5) is 4.79 Å². The van der Waals surface area contributed by atoms with Crippen molar-refractivity contribution in [3.05, 3.63) is 34.9 Å². The molecule has 0 bridgehead atoms. The number of carboxylic acid groups (broad SMARTS) is 1. The molecule has 0 aromatic heterocycles. The van der Waals surface area contributed by atoms with Crippen LogP contribution in [0.15, 0.2) is 24.3 Å². The van der Waals surface area contributed by atoms with Gasteiger partial charge >= 0.3 is 6.09 Å². The molecule has 0 radical (unpaired) electrons. The van der Waals surface area contributed by atoms with Gasteiger partial charge in [-0.2, -0.15) is 0 Å². The standard InChI is InChI=1S/C24H32ClN3O4/c1-23(10-11-23)21(30)27-12-8-16(9-13-27)20(29)28-14-19(26(3)22(31)32)24(2,15-28)17-4-6-18(25)7-5-17/h4-7,16,19H,8-15H2,1-3H3,(H,31,32)/t19-,24+/m1/s1. The molecule has 1 aromatic rings. The third-order valence-corrected chi connectivity index (χ3v) is 8.13. The Labute approximate surface area is 194 Å². The van der Waals surface area contributed by atoms with Crippen LogP contribution in [0.2, 0.25) is 5.02 Å². The first-order valence-electron chi connectivity index (χ1n) is 11.4. The molecule has 32 heavy (non-hydrogen) atoms. The molecule has 174 valence electrons. The van der Waals surface area contributed by atoms with Gasteiger partial charge in [-0.25, -0.2) is 4.79 Å². The summed E-state index contributed by atoms with van der Waals surface area (Å²) in [7, 11) is 1.57. The Hall–Kier alpha value is -2.28. The van der Waals surface area contributed by atoms with Gasteiger partial charge in [-0.3, -0.25) is 9.59 Å². The van der Waals surface area contributed by atoms with E-state index >= 15 is 0 Å². The number of hydrogen-bond acceptors (Lipinski definition) is 3. The monoisotopic (exact) mass is 461 g/mol. The van der Waals surface area contributed by atoms with Crippen molar-refractivity contribution < 1.29 is 19.5 Å². The Balaban J connectivity index is 1.48. The molecular formula is C24H32ClN3O4. The topological polar surface area (TPSA) is 81.2 Å². The van der Waals surface area contributed by atoms with Crippen molar-refractivity contribution in [3.63, 3.8) is 0 Å². The Morgan fingerprint density at radius 3 is 2.19 bits per heavy atom. The summed E-state index contributed by atoms with van der Waals surface area (Å²) in [6.07, 6.45) is 2.23. The molecule has 2 atom stereocenters. The van der Waals surface area contributed by atoms with E-state index in [2.05, 4.69) is 0 Å². The number of amides is 3. The lowest BCUT2D eigenvalue weighted by Gasteiger charge is -2.35. The lowest BCUT2D eigenvalue weighted by Crippen LogP contribution is -2.48. The fourth-order valence-corrected chi connectivity index (χ4v) is 5.44. The fourth-order valence-electron chi connectivity index (χ4n) is 5.31. The minimum atomic E-state index is -1.01.